The molecule has 1 rings (SSSR count). The Balaban J connectivity index is 2.72. The molecule has 0 saturated heterocycles. The molecular weight excluding hydrogens is 279 g/mol. The van der Waals surface area contributed by atoms with Gasteiger partial charge in [0.2, 0.25) is 5.91 Å². The zero-order valence-electron chi connectivity index (χ0n) is 11.9. The number of halogens is 1. The van der Waals surface area contributed by atoms with E-state index in [0.717, 1.165) is 0 Å². The molecule has 1 amide bonds. The molecule has 0 bridgehead atoms. The van der Waals surface area contributed by atoms with Gasteiger partial charge in [-0.15, -0.1) is 0 Å². The smallest absolute Gasteiger partial charge is 0.303 e. The second kappa shape index (κ2) is 7.58. The van der Waals surface area contributed by atoms with Gasteiger partial charge in [-0.25, -0.2) is 4.39 Å². The van der Waals surface area contributed by atoms with Gasteiger partial charge in [-0.2, -0.15) is 0 Å². The van der Waals surface area contributed by atoms with Crippen LogP contribution in [-0.4, -0.2) is 30.1 Å². The van der Waals surface area contributed by atoms with Crippen LogP contribution >= 0.6 is 0 Å². The van der Waals surface area contributed by atoms with E-state index in [1.165, 1.54) is 25.3 Å². The molecule has 6 nitrogen and oxygen atoms in total. The van der Waals surface area contributed by atoms with E-state index in [1.54, 1.807) is 6.92 Å². The molecule has 0 fully saturated rings. The average molecular weight is 298 g/mol. The molecule has 0 spiro atoms. The number of amides is 1. The van der Waals surface area contributed by atoms with Crippen molar-refractivity contribution in [2.45, 2.75) is 31.8 Å². The first kappa shape index (κ1) is 16.9. The van der Waals surface area contributed by atoms with Crippen molar-refractivity contribution in [1.82, 2.24) is 5.32 Å². The van der Waals surface area contributed by atoms with Gasteiger partial charge in [-0.05, 0) is 31.5 Å². The second-order valence-electron chi connectivity index (χ2n) is 4.66. The van der Waals surface area contributed by atoms with Gasteiger partial charge in [0.15, 0.2) is 0 Å². The molecule has 0 saturated carbocycles. The molecule has 21 heavy (non-hydrogen) atoms. The third-order valence-corrected chi connectivity index (χ3v) is 3.02. The van der Waals surface area contributed by atoms with Crippen molar-refractivity contribution in [1.29, 1.82) is 0 Å². The van der Waals surface area contributed by atoms with Crippen LogP contribution in [-0.2, 0) is 9.59 Å². The van der Waals surface area contributed by atoms with Gasteiger partial charge in [-0.3, -0.25) is 9.59 Å². The van der Waals surface area contributed by atoms with Gasteiger partial charge in [-0.1, -0.05) is 0 Å². The minimum absolute atomic E-state index is 0.0359. The van der Waals surface area contributed by atoms with Crippen molar-refractivity contribution in [2.24, 2.45) is 5.73 Å². The molecule has 0 aromatic heterocycles. The fourth-order valence-electron chi connectivity index (χ4n) is 1.85. The van der Waals surface area contributed by atoms with Crippen molar-refractivity contribution in [2.75, 3.05) is 7.11 Å². The second-order valence-corrected chi connectivity index (χ2v) is 4.66. The van der Waals surface area contributed by atoms with Crippen LogP contribution in [0.25, 0.3) is 0 Å². The number of hydrogen-bond donors (Lipinski definition) is 3. The summed E-state index contributed by atoms with van der Waals surface area (Å²) in [5.41, 5.74) is 6.09. The lowest BCUT2D eigenvalue weighted by atomic mass is 10.1. The molecule has 4 N–H and O–H groups in total. The summed E-state index contributed by atoms with van der Waals surface area (Å²) in [5, 5.41) is 11.2. The van der Waals surface area contributed by atoms with Gasteiger partial charge >= 0.3 is 5.97 Å². The molecule has 7 heteroatoms. The highest BCUT2D eigenvalue weighted by molar-refractivity contribution is 5.82. The predicted octanol–water partition coefficient (Wildman–Crippen LogP) is 1.20. The number of rotatable bonds is 7. The summed E-state index contributed by atoms with van der Waals surface area (Å²) in [5.74, 6) is -1.50. The Morgan fingerprint density at radius 3 is 2.71 bits per heavy atom. The first-order chi connectivity index (χ1) is 9.85. The number of benzene rings is 1. The number of methoxy groups -OCH3 is 1. The Bertz CT molecular complexity index is 522. The van der Waals surface area contributed by atoms with Crippen molar-refractivity contribution in [3.8, 4) is 5.75 Å². The Hall–Kier alpha value is -2.15. The number of carbonyl (C=O) groups excluding carboxylic acids is 1. The Morgan fingerprint density at radius 1 is 1.48 bits per heavy atom. The third-order valence-electron chi connectivity index (χ3n) is 3.02. The number of nitrogens with two attached hydrogens (primary N) is 1. The fourth-order valence-corrected chi connectivity index (χ4v) is 1.85. The van der Waals surface area contributed by atoms with Gasteiger partial charge in [0.05, 0.1) is 19.2 Å². The maximum Gasteiger partial charge on any atom is 0.303 e. The Labute approximate surface area is 122 Å². The molecule has 0 aliphatic rings. The molecule has 0 radical (unpaired) electrons. The highest BCUT2D eigenvalue weighted by Crippen LogP contribution is 2.25. The minimum atomic E-state index is -1.02. The number of carbonyl (C=O) groups is 2. The maximum atomic E-state index is 13.3. The molecular formula is C14H19FN2O4. The highest BCUT2D eigenvalue weighted by Gasteiger charge is 2.19. The van der Waals surface area contributed by atoms with Crippen LogP contribution in [0, 0.1) is 5.82 Å². The number of aliphatic carboxylic acids is 1. The predicted molar refractivity (Wildman–Crippen MR) is 74.4 cm³/mol. The molecule has 1 aromatic carbocycles. The van der Waals surface area contributed by atoms with Crippen LogP contribution in [0.2, 0.25) is 0 Å². The van der Waals surface area contributed by atoms with Crippen LogP contribution in [0.5, 0.6) is 5.75 Å². The van der Waals surface area contributed by atoms with Gasteiger partial charge in [0.25, 0.3) is 0 Å². The van der Waals surface area contributed by atoms with E-state index < -0.39 is 29.8 Å². The van der Waals surface area contributed by atoms with Crippen molar-refractivity contribution in [3.63, 3.8) is 0 Å². The summed E-state index contributed by atoms with van der Waals surface area (Å²) in [6.07, 6.45) is -0.152. The third kappa shape index (κ3) is 5.03. The number of ether oxygens (including phenoxy) is 1. The van der Waals surface area contributed by atoms with E-state index in [2.05, 4.69) is 5.32 Å². The summed E-state index contributed by atoms with van der Waals surface area (Å²) in [6, 6.07) is 2.56. The quantitative estimate of drug-likeness (QED) is 0.702. The van der Waals surface area contributed by atoms with E-state index in [4.69, 9.17) is 15.6 Å². The lowest BCUT2D eigenvalue weighted by Crippen LogP contribution is -2.41. The molecule has 0 aliphatic heterocycles. The SMILES string of the molecule is COc1ccc(F)cc1C(C)NC(=O)C(N)CCC(=O)O. The lowest BCUT2D eigenvalue weighted by Gasteiger charge is -2.19. The minimum Gasteiger partial charge on any atom is -0.496 e. The van der Waals surface area contributed by atoms with E-state index >= 15 is 0 Å². The molecule has 1 aromatic rings. The van der Waals surface area contributed by atoms with Crippen molar-refractivity contribution in [3.05, 3.63) is 29.6 Å². The van der Waals surface area contributed by atoms with Crippen LogP contribution in [0.3, 0.4) is 0 Å². The first-order valence-electron chi connectivity index (χ1n) is 6.46. The van der Waals surface area contributed by atoms with Gasteiger partial charge < -0.3 is 20.9 Å². The molecule has 116 valence electrons. The topological polar surface area (TPSA) is 102 Å². The number of carboxylic acid groups (broad SMARTS) is 1. The monoisotopic (exact) mass is 298 g/mol. The van der Waals surface area contributed by atoms with Crippen molar-refractivity contribution < 1.29 is 23.8 Å². The van der Waals surface area contributed by atoms with Gasteiger partial charge in [0.1, 0.15) is 11.6 Å². The average Bonchev–Trinajstić information content (AvgIpc) is 2.44. The van der Waals surface area contributed by atoms with Crippen LogP contribution < -0.4 is 15.8 Å². The Kier molecular flexibility index (Phi) is 6.10. The van der Waals surface area contributed by atoms with Crippen LogP contribution in [0.1, 0.15) is 31.4 Å². The van der Waals surface area contributed by atoms with E-state index in [0.29, 0.717) is 11.3 Å². The summed E-state index contributed by atoms with van der Waals surface area (Å²) in [6.45, 7) is 1.67. The first-order valence-corrected chi connectivity index (χ1v) is 6.46. The highest BCUT2D eigenvalue weighted by atomic mass is 19.1. The van der Waals surface area contributed by atoms with E-state index in [1.807, 2.05) is 0 Å². The zero-order chi connectivity index (χ0) is 16.0. The van der Waals surface area contributed by atoms with Crippen LogP contribution in [0.4, 0.5) is 4.39 Å². The lowest BCUT2D eigenvalue weighted by molar-refractivity contribution is -0.137. The molecule has 0 heterocycles. The number of nitrogens with one attached hydrogen (secondary N) is 1. The van der Waals surface area contributed by atoms with E-state index in [-0.39, 0.29) is 12.8 Å². The normalized spacial score (nSPS) is 13.3. The van der Waals surface area contributed by atoms with Crippen molar-refractivity contribution >= 4 is 11.9 Å². The molecule has 0 aliphatic carbocycles. The maximum absolute atomic E-state index is 13.3. The summed E-state index contributed by atoms with van der Waals surface area (Å²) < 4.78 is 18.4. The zero-order valence-corrected chi connectivity index (χ0v) is 11.9. The number of hydrogen-bond acceptors (Lipinski definition) is 4. The summed E-state index contributed by atoms with van der Waals surface area (Å²) in [7, 11) is 1.45. The van der Waals surface area contributed by atoms with Crippen LogP contribution in [0.15, 0.2) is 18.2 Å². The molecule has 2 atom stereocenters. The largest absolute Gasteiger partial charge is 0.496 e. The van der Waals surface area contributed by atoms with Gasteiger partial charge in [0, 0.05) is 12.0 Å². The summed E-state index contributed by atoms with van der Waals surface area (Å²) in [4.78, 5) is 22.3. The fraction of sp³-hybridized carbons (Fsp3) is 0.429. The number of carboxylic acids is 1. The Morgan fingerprint density at radius 2 is 2.14 bits per heavy atom. The molecule has 2 unspecified atom stereocenters. The van der Waals surface area contributed by atoms with E-state index in [9.17, 15) is 14.0 Å². The standard InChI is InChI=1S/C14H19FN2O4/c1-8(10-7-9(15)3-5-12(10)21-2)17-14(20)11(16)4-6-13(18)19/h3,5,7-8,11H,4,6,16H2,1-2H3,(H,17,20)(H,18,19). The summed E-state index contributed by atoms with van der Waals surface area (Å²) >= 11 is 0.